The van der Waals surface area contributed by atoms with Crippen LogP contribution in [-0.2, 0) is 25.7 Å². The number of halogens is 1. The van der Waals surface area contributed by atoms with Crippen molar-refractivity contribution < 1.29 is 23.9 Å². The van der Waals surface area contributed by atoms with Gasteiger partial charge in [0, 0.05) is 18.9 Å². The maximum atomic E-state index is 13.6. The van der Waals surface area contributed by atoms with Gasteiger partial charge in [0.2, 0.25) is 5.91 Å². The Morgan fingerprint density at radius 3 is 2.11 bits per heavy atom. The van der Waals surface area contributed by atoms with Gasteiger partial charge >= 0.3 is 12.1 Å². The molecule has 3 aromatic rings. The minimum Gasteiger partial charge on any atom is -0.459 e. The van der Waals surface area contributed by atoms with Crippen LogP contribution in [0.5, 0.6) is 0 Å². The van der Waals surface area contributed by atoms with E-state index in [-0.39, 0.29) is 56.3 Å². The van der Waals surface area contributed by atoms with E-state index in [0.29, 0.717) is 0 Å². The first kappa shape index (κ1) is 31.5. The van der Waals surface area contributed by atoms with Gasteiger partial charge in [-0.05, 0) is 46.6 Å². The third-order valence-electron chi connectivity index (χ3n) is 9.19. The number of rotatable bonds is 8. The molecular formula is C35H40ClN3O5. The summed E-state index contributed by atoms with van der Waals surface area (Å²) in [5, 5.41) is 2.91. The Morgan fingerprint density at radius 2 is 1.45 bits per heavy atom. The molecule has 3 N–H and O–H groups in total. The molecule has 3 atom stereocenters. The van der Waals surface area contributed by atoms with Crippen molar-refractivity contribution in [1.29, 1.82) is 0 Å². The fourth-order valence-electron chi connectivity index (χ4n) is 6.93. The highest BCUT2D eigenvalue weighted by Crippen LogP contribution is 2.44. The van der Waals surface area contributed by atoms with Gasteiger partial charge in [-0.2, -0.15) is 0 Å². The lowest BCUT2D eigenvalue weighted by atomic mass is 9.83. The van der Waals surface area contributed by atoms with Crippen LogP contribution in [0.4, 0.5) is 4.79 Å². The molecule has 0 bridgehead atoms. The predicted octanol–water partition coefficient (Wildman–Crippen LogP) is 5.57. The summed E-state index contributed by atoms with van der Waals surface area (Å²) < 4.78 is 11.4. The summed E-state index contributed by atoms with van der Waals surface area (Å²) in [5.41, 5.74) is 11.9. The third-order valence-corrected chi connectivity index (χ3v) is 9.19. The van der Waals surface area contributed by atoms with Gasteiger partial charge in [-0.25, -0.2) is 9.59 Å². The fourth-order valence-corrected chi connectivity index (χ4v) is 6.93. The van der Waals surface area contributed by atoms with Crippen LogP contribution >= 0.6 is 12.4 Å². The van der Waals surface area contributed by atoms with Crippen LogP contribution in [0.15, 0.2) is 78.9 Å². The molecule has 2 aliphatic carbocycles. The van der Waals surface area contributed by atoms with Crippen molar-refractivity contribution >= 4 is 30.4 Å². The molecule has 2 amide bonds. The molecule has 3 aliphatic rings. The van der Waals surface area contributed by atoms with Crippen molar-refractivity contribution in [2.75, 3.05) is 13.2 Å². The zero-order chi connectivity index (χ0) is 29.8. The fraction of sp³-hybridized carbons (Fsp3) is 0.400. The van der Waals surface area contributed by atoms with Gasteiger partial charge < -0.3 is 25.4 Å². The van der Waals surface area contributed by atoms with E-state index in [0.717, 1.165) is 59.9 Å². The van der Waals surface area contributed by atoms with E-state index >= 15 is 0 Å². The average molecular weight is 618 g/mol. The van der Waals surface area contributed by atoms with Crippen LogP contribution in [0, 0.1) is 5.92 Å². The Bertz CT molecular complexity index is 1420. The molecule has 3 aromatic carbocycles. The highest BCUT2D eigenvalue weighted by atomic mass is 35.5. The number of hydrogen-bond donors (Lipinski definition) is 2. The average Bonchev–Trinajstić information content (AvgIpc) is 3.62. The summed E-state index contributed by atoms with van der Waals surface area (Å²) in [4.78, 5) is 41.5. The van der Waals surface area contributed by atoms with Crippen molar-refractivity contribution in [3.8, 4) is 11.1 Å². The number of nitrogens with two attached hydrogens (primary N) is 1. The molecule has 1 heterocycles. The van der Waals surface area contributed by atoms with Crippen LogP contribution in [0.1, 0.15) is 61.1 Å². The van der Waals surface area contributed by atoms with Gasteiger partial charge in [0.1, 0.15) is 19.3 Å². The van der Waals surface area contributed by atoms with E-state index in [4.69, 9.17) is 15.2 Å². The molecule has 0 radical (unpaired) electrons. The van der Waals surface area contributed by atoms with Gasteiger partial charge in [0.15, 0.2) is 0 Å². The van der Waals surface area contributed by atoms with Gasteiger partial charge in [-0.1, -0.05) is 98.1 Å². The number of nitrogens with one attached hydrogen (secondary N) is 1. The molecule has 44 heavy (non-hydrogen) atoms. The minimum absolute atomic E-state index is 0. The molecule has 0 spiro atoms. The first-order valence-electron chi connectivity index (χ1n) is 15.4. The molecule has 1 unspecified atom stereocenters. The van der Waals surface area contributed by atoms with Gasteiger partial charge in [-0.15, -0.1) is 12.4 Å². The van der Waals surface area contributed by atoms with Crippen LogP contribution in [-0.4, -0.2) is 54.1 Å². The third kappa shape index (κ3) is 6.76. The van der Waals surface area contributed by atoms with Crippen molar-refractivity contribution in [2.45, 2.75) is 69.2 Å². The van der Waals surface area contributed by atoms with Gasteiger partial charge in [-0.3, -0.25) is 4.79 Å². The van der Waals surface area contributed by atoms with E-state index in [2.05, 4.69) is 29.6 Å². The second-order valence-corrected chi connectivity index (χ2v) is 11.9. The summed E-state index contributed by atoms with van der Waals surface area (Å²) in [6.07, 6.45) is 4.74. The molecule has 1 aliphatic heterocycles. The van der Waals surface area contributed by atoms with Gasteiger partial charge in [0.25, 0.3) is 0 Å². The Morgan fingerprint density at radius 1 is 0.841 bits per heavy atom. The molecule has 9 heteroatoms. The van der Waals surface area contributed by atoms with E-state index in [9.17, 15) is 14.4 Å². The van der Waals surface area contributed by atoms with E-state index in [1.807, 2.05) is 54.6 Å². The largest absolute Gasteiger partial charge is 0.459 e. The number of alkyl carbamates (subject to hydrolysis) is 1. The molecular weight excluding hydrogens is 578 g/mol. The van der Waals surface area contributed by atoms with E-state index < -0.39 is 30.2 Å². The Kier molecular flexibility index (Phi) is 10.2. The summed E-state index contributed by atoms with van der Waals surface area (Å²) in [7, 11) is 0. The summed E-state index contributed by atoms with van der Waals surface area (Å²) in [6.45, 7) is 0.468. The zero-order valence-corrected chi connectivity index (χ0v) is 25.5. The zero-order valence-electron chi connectivity index (χ0n) is 24.7. The van der Waals surface area contributed by atoms with Gasteiger partial charge in [0.05, 0.1) is 12.1 Å². The molecule has 2 fully saturated rings. The van der Waals surface area contributed by atoms with Crippen LogP contribution < -0.4 is 11.1 Å². The van der Waals surface area contributed by atoms with Crippen molar-refractivity contribution in [1.82, 2.24) is 10.2 Å². The lowest BCUT2D eigenvalue weighted by Gasteiger charge is -2.31. The lowest BCUT2D eigenvalue weighted by Crippen LogP contribution is -2.52. The van der Waals surface area contributed by atoms with Crippen LogP contribution in [0.25, 0.3) is 11.1 Å². The normalized spacial score (nSPS) is 20.2. The number of benzene rings is 3. The summed E-state index contributed by atoms with van der Waals surface area (Å²) >= 11 is 0. The highest BCUT2D eigenvalue weighted by molar-refractivity contribution is 5.89. The number of fused-ring (bicyclic) bond motifs is 3. The highest BCUT2D eigenvalue weighted by Gasteiger charge is 2.44. The second-order valence-electron chi connectivity index (χ2n) is 11.9. The molecule has 1 saturated carbocycles. The topological polar surface area (TPSA) is 111 Å². The number of hydrogen-bond acceptors (Lipinski definition) is 6. The number of nitrogens with zero attached hydrogens (tertiary/aromatic N) is 1. The Balaban J connectivity index is 0.00000384. The molecule has 0 aromatic heterocycles. The quantitative estimate of drug-likeness (QED) is 0.320. The first-order chi connectivity index (χ1) is 21.0. The molecule has 232 valence electrons. The maximum absolute atomic E-state index is 13.6. The monoisotopic (exact) mass is 617 g/mol. The van der Waals surface area contributed by atoms with E-state index in [1.165, 1.54) is 4.90 Å². The van der Waals surface area contributed by atoms with Crippen LogP contribution in [0.2, 0.25) is 0 Å². The first-order valence-corrected chi connectivity index (χ1v) is 15.4. The van der Waals surface area contributed by atoms with Crippen molar-refractivity contribution in [3.63, 3.8) is 0 Å². The van der Waals surface area contributed by atoms with E-state index in [1.54, 1.807) is 0 Å². The number of esters is 1. The van der Waals surface area contributed by atoms with Crippen molar-refractivity contribution in [2.24, 2.45) is 11.7 Å². The maximum Gasteiger partial charge on any atom is 0.407 e. The van der Waals surface area contributed by atoms with Crippen LogP contribution in [0.3, 0.4) is 0 Å². The minimum atomic E-state index is -0.829. The summed E-state index contributed by atoms with van der Waals surface area (Å²) in [5.74, 6) is -0.722. The summed E-state index contributed by atoms with van der Waals surface area (Å²) in [6, 6.07) is 23.8. The number of carbonyl (C=O) groups excluding carboxylic acids is 3. The SMILES string of the molecule is Cl.N[C@H](C(=O)N1C[C@@H](NC(=O)OCC2c3ccccc3-c3ccccc32)CC1C(=O)OCc1ccccc1)C1CCCCC1. The number of likely N-dealkylation sites (tertiary alicyclic amines) is 1. The number of ether oxygens (including phenoxy) is 2. The predicted molar refractivity (Wildman–Crippen MR) is 170 cm³/mol. The standard InChI is InChI=1S/C35H39N3O5.ClH/c36-32(24-13-5-2-6-14-24)33(39)38-20-25(19-31(38)34(40)42-21-23-11-3-1-4-12-23)37-35(41)43-22-30-28-17-9-7-15-26(28)27-16-8-10-18-29(27)30;/h1,3-4,7-12,15-18,24-25,30-32H,2,5-6,13-14,19-22,36H2,(H,37,41);1H/t25-,31?,32-;/m0./s1. The second kappa shape index (κ2) is 14.3. The Hall–Kier alpha value is -3.88. The Labute approximate surface area is 264 Å². The molecule has 1 saturated heterocycles. The molecule has 6 rings (SSSR count). The molecule has 8 nitrogen and oxygen atoms in total. The van der Waals surface area contributed by atoms with Crippen molar-refractivity contribution in [3.05, 3.63) is 95.6 Å². The smallest absolute Gasteiger partial charge is 0.407 e. The lowest BCUT2D eigenvalue weighted by molar-refractivity contribution is -0.155. The number of carbonyl (C=O) groups is 3. The number of amides is 2.